The molecule has 1 fully saturated rings. The van der Waals surface area contributed by atoms with Gasteiger partial charge in [-0.25, -0.2) is 23.1 Å². The highest BCUT2D eigenvalue weighted by Gasteiger charge is 2.21. The van der Waals surface area contributed by atoms with Gasteiger partial charge in [-0.3, -0.25) is 5.10 Å². The standard InChI is InChI=1S/C18H21BrN6O3S/c1-20-29(26,27)12-7-8-14(28-11-5-3-2-4-6-11)13(9-12)23-17-15-16(19)24-25-18(15)22-10-21-17/h7-11,20H,2-6H2,1H3,(H2,21,22,23,24,25). The fourth-order valence-corrected chi connectivity index (χ4v) is 4.61. The Hall–Kier alpha value is -2.24. The summed E-state index contributed by atoms with van der Waals surface area (Å²) in [5.74, 6) is 1.07. The molecule has 0 amide bonds. The van der Waals surface area contributed by atoms with Crippen molar-refractivity contribution in [1.82, 2.24) is 24.9 Å². The summed E-state index contributed by atoms with van der Waals surface area (Å²) in [6, 6.07) is 4.77. The zero-order chi connectivity index (χ0) is 20.4. The van der Waals surface area contributed by atoms with Gasteiger partial charge in [0, 0.05) is 0 Å². The number of fused-ring (bicyclic) bond motifs is 1. The molecule has 0 saturated heterocycles. The van der Waals surface area contributed by atoms with Crippen LogP contribution in [0.4, 0.5) is 11.5 Å². The second-order valence-corrected chi connectivity index (χ2v) is 9.51. The van der Waals surface area contributed by atoms with Gasteiger partial charge in [0.2, 0.25) is 10.0 Å². The van der Waals surface area contributed by atoms with Gasteiger partial charge in [0.15, 0.2) is 5.65 Å². The second kappa shape index (κ2) is 8.25. The molecule has 2 heterocycles. The minimum Gasteiger partial charge on any atom is -0.488 e. The third-order valence-corrected chi connectivity index (χ3v) is 6.92. The first-order chi connectivity index (χ1) is 14.0. The molecular formula is C18H21BrN6O3S. The van der Waals surface area contributed by atoms with Gasteiger partial charge in [0.1, 0.15) is 22.5 Å². The lowest BCUT2D eigenvalue weighted by molar-refractivity contribution is 0.156. The van der Waals surface area contributed by atoms with Crippen LogP contribution in [0.1, 0.15) is 32.1 Å². The van der Waals surface area contributed by atoms with Crippen molar-refractivity contribution in [3.63, 3.8) is 0 Å². The van der Waals surface area contributed by atoms with Crippen molar-refractivity contribution in [2.45, 2.75) is 43.1 Å². The summed E-state index contributed by atoms with van der Waals surface area (Å²) in [5, 5.41) is 10.8. The average molecular weight is 481 g/mol. The van der Waals surface area contributed by atoms with Crippen LogP contribution in [0.2, 0.25) is 0 Å². The molecule has 3 aromatic rings. The molecule has 0 aliphatic heterocycles. The highest BCUT2D eigenvalue weighted by Crippen LogP contribution is 2.35. The van der Waals surface area contributed by atoms with E-state index in [1.165, 1.54) is 19.8 Å². The van der Waals surface area contributed by atoms with E-state index in [4.69, 9.17) is 4.74 Å². The topological polar surface area (TPSA) is 122 Å². The van der Waals surface area contributed by atoms with E-state index in [-0.39, 0.29) is 11.0 Å². The Morgan fingerprint density at radius 1 is 1.21 bits per heavy atom. The molecule has 0 atom stereocenters. The van der Waals surface area contributed by atoms with E-state index >= 15 is 0 Å². The van der Waals surface area contributed by atoms with Gasteiger partial charge in [-0.1, -0.05) is 6.42 Å². The lowest BCUT2D eigenvalue weighted by atomic mass is 9.98. The normalized spacial score (nSPS) is 15.5. The first-order valence-electron chi connectivity index (χ1n) is 9.34. The van der Waals surface area contributed by atoms with Crippen LogP contribution in [0.25, 0.3) is 11.0 Å². The third kappa shape index (κ3) is 4.21. The molecule has 4 rings (SSSR count). The van der Waals surface area contributed by atoms with Crippen molar-refractivity contribution in [3.8, 4) is 5.75 Å². The number of rotatable bonds is 6. The van der Waals surface area contributed by atoms with Crippen LogP contribution in [-0.2, 0) is 10.0 Å². The quantitative estimate of drug-likeness (QED) is 0.493. The lowest BCUT2D eigenvalue weighted by Crippen LogP contribution is -2.21. The van der Waals surface area contributed by atoms with E-state index in [0.29, 0.717) is 32.9 Å². The predicted octanol–water partition coefficient (Wildman–Crippen LogP) is 3.48. The summed E-state index contributed by atoms with van der Waals surface area (Å²) in [4.78, 5) is 8.57. The SMILES string of the molecule is CNS(=O)(=O)c1ccc(OC2CCCCC2)c(Nc2ncnc3n[nH]c(Br)c23)c1. The number of aromatic nitrogens is 4. The number of hydrogen-bond donors (Lipinski definition) is 3. The van der Waals surface area contributed by atoms with Crippen LogP contribution in [0.15, 0.2) is 34.0 Å². The Morgan fingerprint density at radius 2 is 2.00 bits per heavy atom. The van der Waals surface area contributed by atoms with Gasteiger partial charge < -0.3 is 10.1 Å². The number of aromatic amines is 1. The van der Waals surface area contributed by atoms with Crippen LogP contribution in [0, 0.1) is 0 Å². The highest BCUT2D eigenvalue weighted by molar-refractivity contribution is 9.10. The van der Waals surface area contributed by atoms with Gasteiger partial charge in [0.25, 0.3) is 0 Å². The Labute approximate surface area is 176 Å². The maximum Gasteiger partial charge on any atom is 0.240 e. The number of nitrogens with one attached hydrogen (secondary N) is 3. The average Bonchev–Trinajstić information content (AvgIpc) is 3.12. The van der Waals surface area contributed by atoms with Gasteiger partial charge in [-0.15, -0.1) is 0 Å². The molecule has 2 aromatic heterocycles. The van der Waals surface area contributed by atoms with Crippen molar-refractivity contribution >= 4 is 48.5 Å². The predicted molar refractivity (Wildman–Crippen MR) is 113 cm³/mol. The molecule has 0 radical (unpaired) electrons. The Bertz CT molecular complexity index is 1130. The maximum absolute atomic E-state index is 12.3. The molecular weight excluding hydrogens is 460 g/mol. The fraction of sp³-hybridized carbons (Fsp3) is 0.389. The van der Waals surface area contributed by atoms with E-state index < -0.39 is 10.0 Å². The smallest absolute Gasteiger partial charge is 0.240 e. The van der Waals surface area contributed by atoms with E-state index in [1.54, 1.807) is 18.2 Å². The van der Waals surface area contributed by atoms with Crippen molar-refractivity contribution in [1.29, 1.82) is 0 Å². The summed E-state index contributed by atoms with van der Waals surface area (Å²) in [7, 11) is -2.23. The number of anilines is 2. The van der Waals surface area contributed by atoms with E-state index in [0.717, 1.165) is 25.7 Å². The van der Waals surface area contributed by atoms with Gasteiger partial charge >= 0.3 is 0 Å². The van der Waals surface area contributed by atoms with Gasteiger partial charge in [-0.05, 0) is 66.9 Å². The second-order valence-electron chi connectivity index (χ2n) is 6.83. The number of hydrogen-bond acceptors (Lipinski definition) is 7. The minimum absolute atomic E-state index is 0.113. The molecule has 0 spiro atoms. The van der Waals surface area contributed by atoms with Crippen LogP contribution < -0.4 is 14.8 Å². The number of benzene rings is 1. The number of halogens is 1. The Kier molecular flexibility index (Phi) is 5.70. The third-order valence-electron chi connectivity index (χ3n) is 4.94. The molecule has 1 aliphatic rings. The number of nitrogens with zero attached hydrogens (tertiary/aromatic N) is 3. The number of H-pyrrole nitrogens is 1. The van der Waals surface area contributed by atoms with Crippen LogP contribution in [-0.4, -0.2) is 41.7 Å². The summed E-state index contributed by atoms with van der Waals surface area (Å²) >= 11 is 3.41. The molecule has 3 N–H and O–H groups in total. The molecule has 0 bridgehead atoms. The maximum atomic E-state index is 12.3. The minimum atomic E-state index is -3.61. The van der Waals surface area contributed by atoms with Crippen LogP contribution >= 0.6 is 15.9 Å². The Balaban J connectivity index is 1.75. The van der Waals surface area contributed by atoms with Crippen molar-refractivity contribution in [2.24, 2.45) is 0 Å². The van der Waals surface area contributed by atoms with E-state index in [2.05, 4.69) is 46.1 Å². The van der Waals surface area contributed by atoms with Crippen LogP contribution in [0.5, 0.6) is 5.75 Å². The molecule has 154 valence electrons. The largest absolute Gasteiger partial charge is 0.488 e. The molecule has 0 unspecified atom stereocenters. The Morgan fingerprint density at radius 3 is 2.76 bits per heavy atom. The summed E-state index contributed by atoms with van der Waals surface area (Å²) in [5.41, 5.74) is 1.00. The fourth-order valence-electron chi connectivity index (χ4n) is 3.40. The molecule has 9 nitrogen and oxygen atoms in total. The van der Waals surface area contributed by atoms with E-state index in [1.807, 2.05) is 0 Å². The van der Waals surface area contributed by atoms with E-state index in [9.17, 15) is 8.42 Å². The van der Waals surface area contributed by atoms with Crippen molar-refractivity contribution in [2.75, 3.05) is 12.4 Å². The summed E-state index contributed by atoms with van der Waals surface area (Å²) in [6.07, 6.45) is 6.97. The summed E-state index contributed by atoms with van der Waals surface area (Å²) in [6.45, 7) is 0. The first kappa shape index (κ1) is 20.0. The first-order valence-corrected chi connectivity index (χ1v) is 11.6. The zero-order valence-corrected chi connectivity index (χ0v) is 18.2. The van der Waals surface area contributed by atoms with Crippen LogP contribution in [0.3, 0.4) is 0 Å². The van der Waals surface area contributed by atoms with Gasteiger partial charge in [-0.2, -0.15) is 5.10 Å². The lowest BCUT2D eigenvalue weighted by Gasteiger charge is -2.24. The molecule has 1 saturated carbocycles. The number of ether oxygens (including phenoxy) is 1. The monoisotopic (exact) mass is 480 g/mol. The molecule has 29 heavy (non-hydrogen) atoms. The molecule has 1 aromatic carbocycles. The highest BCUT2D eigenvalue weighted by atomic mass is 79.9. The molecule has 1 aliphatic carbocycles. The number of sulfonamides is 1. The zero-order valence-electron chi connectivity index (χ0n) is 15.8. The van der Waals surface area contributed by atoms with Gasteiger partial charge in [0.05, 0.1) is 22.1 Å². The van der Waals surface area contributed by atoms with Crippen molar-refractivity contribution in [3.05, 3.63) is 29.1 Å². The molecule has 11 heteroatoms. The summed E-state index contributed by atoms with van der Waals surface area (Å²) < 4.78 is 33.8. The van der Waals surface area contributed by atoms with Crippen molar-refractivity contribution < 1.29 is 13.2 Å².